The lowest BCUT2D eigenvalue weighted by molar-refractivity contribution is 0.606. The van der Waals surface area contributed by atoms with Gasteiger partial charge in [0.25, 0.3) is 0 Å². The predicted octanol–water partition coefficient (Wildman–Crippen LogP) is 2.38. The smallest absolute Gasteiger partial charge is 0.128 e. The molecule has 0 heterocycles. The standard InChI is InChI=1S/C10H8FN/c11-9-3-1-2-7-4-5-8(6-12)10(7)9/h1-3,8H,4-5H2. The van der Waals surface area contributed by atoms with Crippen molar-refractivity contribution in [1.29, 1.82) is 5.26 Å². The van der Waals surface area contributed by atoms with Crippen LogP contribution in [0, 0.1) is 17.1 Å². The summed E-state index contributed by atoms with van der Waals surface area (Å²) in [5, 5.41) is 8.72. The van der Waals surface area contributed by atoms with Crippen LogP contribution < -0.4 is 0 Å². The third kappa shape index (κ3) is 0.902. The molecule has 2 rings (SSSR count). The highest BCUT2D eigenvalue weighted by atomic mass is 19.1. The molecule has 0 fully saturated rings. The summed E-state index contributed by atoms with van der Waals surface area (Å²) in [7, 11) is 0. The van der Waals surface area contributed by atoms with E-state index in [4.69, 9.17) is 5.26 Å². The summed E-state index contributed by atoms with van der Waals surface area (Å²) >= 11 is 0. The van der Waals surface area contributed by atoms with Crippen LogP contribution in [-0.4, -0.2) is 0 Å². The average molecular weight is 161 g/mol. The van der Waals surface area contributed by atoms with Gasteiger partial charge in [-0.25, -0.2) is 4.39 Å². The van der Waals surface area contributed by atoms with Gasteiger partial charge < -0.3 is 0 Å². The van der Waals surface area contributed by atoms with Crippen LogP contribution in [0.1, 0.15) is 23.5 Å². The largest absolute Gasteiger partial charge is 0.207 e. The highest BCUT2D eigenvalue weighted by Gasteiger charge is 2.24. The molecule has 1 aromatic rings. The van der Waals surface area contributed by atoms with Crippen molar-refractivity contribution in [1.82, 2.24) is 0 Å². The predicted molar refractivity (Wildman–Crippen MR) is 43.1 cm³/mol. The Balaban J connectivity index is 2.57. The molecule has 0 aromatic heterocycles. The molecule has 0 aliphatic heterocycles. The number of halogens is 1. The second kappa shape index (κ2) is 2.60. The van der Waals surface area contributed by atoms with E-state index in [9.17, 15) is 4.39 Å². The average Bonchev–Trinajstić information content (AvgIpc) is 2.49. The summed E-state index contributed by atoms with van der Waals surface area (Å²) < 4.78 is 13.2. The lowest BCUT2D eigenvalue weighted by Gasteiger charge is -2.02. The maximum absolute atomic E-state index is 13.2. The van der Waals surface area contributed by atoms with Gasteiger partial charge in [-0.05, 0) is 24.5 Å². The Labute approximate surface area is 70.4 Å². The van der Waals surface area contributed by atoms with Gasteiger partial charge in [0.2, 0.25) is 0 Å². The van der Waals surface area contributed by atoms with Gasteiger partial charge in [-0.2, -0.15) is 5.26 Å². The van der Waals surface area contributed by atoms with Crippen molar-refractivity contribution in [2.75, 3.05) is 0 Å². The van der Waals surface area contributed by atoms with E-state index in [1.54, 1.807) is 6.07 Å². The number of aryl methyl sites for hydroxylation is 1. The highest BCUT2D eigenvalue weighted by molar-refractivity contribution is 5.39. The molecule has 2 heteroatoms. The van der Waals surface area contributed by atoms with Crippen molar-refractivity contribution in [3.05, 3.63) is 35.1 Å². The molecule has 1 atom stereocenters. The summed E-state index contributed by atoms with van der Waals surface area (Å²) in [6.45, 7) is 0. The van der Waals surface area contributed by atoms with Crippen LogP contribution in [-0.2, 0) is 6.42 Å². The Morgan fingerprint density at radius 3 is 3.08 bits per heavy atom. The van der Waals surface area contributed by atoms with E-state index in [1.165, 1.54) is 6.07 Å². The zero-order chi connectivity index (χ0) is 8.55. The van der Waals surface area contributed by atoms with Crippen molar-refractivity contribution < 1.29 is 4.39 Å². The van der Waals surface area contributed by atoms with Crippen molar-refractivity contribution >= 4 is 0 Å². The number of fused-ring (bicyclic) bond motifs is 1. The second-order valence-corrected chi connectivity index (χ2v) is 3.03. The van der Waals surface area contributed by atoms with E-state index in [0.717, 1.165) is 18.4 Å². The number of rotatable bonds is 0. The fourth-order valence-electron chi connectivity index (χ4n) is 1.76. The Morgan fingerprint density at radius 1 is 1.50 bits per heavy atom. The number of nitrogens with zero attached hydrogens (tertiary/aromatic N) is 1. The summed E-state index contributed by atoms with van der Waals surface area (Å²) in [4.78, 5) is 0. The van der Waals surface area contributed by atoms with Crippen LogP contribution in [0.3, 0.4) is 0 Å². The van der Waals surface area contributed by atoms with Crippen molar-refractivity contribution in [3.63, 3.8) is 0 Å². The van der Waals surface area contributed by atoms with E-state index >= 15 is 0 Å². The summed E-state index contributed by atoms with van der Waals surface area (Å²) in [6, 6.07) is 7.15. The van der Waals surface area contributed by atoms with Crippen molar-refractivity contribution in [3.8, 4) is 6.07 Å². The quantitative estimate of drug-likeness (QED) is 0.573. The lowest BCUT2D eigenvalue weighted by atomic mass is 10.0. The van der Waals surface area contributed by atoms with E-state index in [2.05, 4.69) is 6.07 Å². The molecule has 0 saturated carbocycles. The third-order valence-electron chi connectivity index (χ3n) is 2.35. The van der Waals surface area contributed by atoms with Gasteiger partial charge in [0.1, 0.15) is 5.82 Å². The van der Waals surface area contributed by atoms with E-state index in [0.29, 0.717) is 5.56 Å². The Bertz CT molecular complexity index is 351. The normalized spacial score (nSPS) is 20.2. The SMILES string of the molecule is N#CC1CCc2cccc(F)c21. The molecule has 1 aliphatic rings. The fraction of sp³-hybridized carbons (Fsp3) is 0.300. The fourth-order valence-corrected chi connectivity index (χ4v) is 1.76. The van der Waals surface area contributed by atoms with Crippen LogP contribution in [0.5, 0.6) is 0 Å². The summed E-state index contributed by atoms with van der Waals surface area (Å²) in [5.41, 5.74) is 1.63. The lowest BCUT2D eigenvalue weighted by Crippen LogP contribution is -1.93. The van der Waals surface area contributed by atoms with Gasteiger partial charge in [0, 0.05) is 5.56 Å². The zero-order valence-electron chi connectivity index (χ0n) is 6.55. The van der Waals surface area contributed by atoms with Gasteiger partial charge in [-0.3, -0.25) is 0 Å². The molecule has 0 radical (unpaired) electrons. The van der Waals surface area contributed by atoms with Gasteiger partial charge in [-0.1, -0.05) is 12.1 Å². The molecule has 12 heavy (non-hydrogen) atoms. The summed E-state index contributed by atoms with van der Waals surface area (Å²) in [6.07, 6.45) is 1.61. The topological polar surface area (TPSA) is 23.8 Å². The number of nitriles is 1. The molecule has 1 nitrogen and oxygen atoms in total. The van der Waals surface area contributed by atoms with Crippen LogP contribution >= 0.6 is 0 Å². The minimum atomic E-state index is -0.225. The van der Waals surface area contributed by atoms with Gasteiger partial charge in [0.05, 0.1) is 12.0 Å². The molecule has 1 aliphatic carbocycles. The number of hydrogen-bond acceptors (Lipinski definition) is 1. The monoisotopic (exact) mass is 161 g/mol. The minimum Gasteiger partial charge on any atom is -0.207 e. The number of benzene rings is 1. The van der Waals surface area contributed by atoms with Crippen LogP contribution in [0.15, 0.2) is 18.2 Å². The molecule has 0 amide bonds. The first kappa shape index (κ1) is 7.30. The van der Waals surface area contributed by atoms with Crippen molar-refractivity contribution in [2.24, 2.45) is 0 Å². The Kier molecular flexibility index (Phi) is 1.58. The first-order valence-electron chi connectivity index (χ1n) is 4.00. The third-order valence-corrected chi connectivity index (χ3v) is 2.35. The van der Waals surface area contributed by atoms with E-state index < -0.39 is 0 Å². The summed E-state index contributed by atoms with van der Waals surface area (Å²) in [5.74, 6) is -0.447. The molecular formula is C10H8FN. The van der Waals surface area contributed by atoms with Gasteiger partial charge in [0.15, 0.2) is 0 Å². The molecule has 0 saturated heterocycles. The van der Waals surface area contributed by atoms with Crippen LogP contribution in [0.2, 0.25) is 0 Å². The van der Waals surface area contributed by atoms with Crippen LogP contribution in [0.25, 0.3) is 0 Å². The highest BCUT2D eigenvalue weighted by Crippen LogP contribution is 2.33. The molecular weight excluding hydrogens is 153 g/mol. The van der Waals surface area contributed by atoms with Crippen molar-refractivity contribution in [2.45, 2.75) is 18.8 Å². The molecule has 0 N–H and O–H groups in total. The molecule has 0 bridgehead atoms. The Hall–Kier alpha value is -1.36. The van der Waals surface area contributed by atoms with Gasteiger partial charge in [-0.15, -0.1) is 0 Å². The second-order valence-electron chi connectivity index (χ2n) is 3.03. The maximum atomic E-state index is 13.2. The zero-order valence-corrected chi connectivity index (χ0v) is 6.55. The maximum Gasteiger partial charge on any atom is 0.128 e. The molecule has 1 unspecified atom stereocenters. The van der Waals surface area contributed by atoms with E-state index in [-0.39, 0.29) is 11.7 Å². The number of hydrogen-bond donors (Lipinski definition) is 0. The van der Waals surface area contributed by atoms with Gasteiger partial charge >= 0.3 is 0 Å². The molecule has 1 aromatic carbocycles. The molecule has 0 spiro atoms. The minimum absolute atomic E-state index is 0.221. The first-order valence-corrected chi connectivity index (χ1v) is 4.00. The van der Waals surface area contributed by atoms with E-state index in [1.807, 2.05) is 6.07 Å². The molecule has 60 valence electrons. The first-order chi connectivity index (χ1) is 5.83. The Morgan fingerprint density at radius 2 is 2.33 bits per heavy atom. The van der Waals surface area contributed by atoms with Crippen LogP contribution in [0.4, 0.5) is 4.39 Å².